The van der Waals surface area contributed by atoms with E-state index in [9.17, 15) is 0 Å². The van der Waals surface area contributed by atoms with Crippen LogP contribution in [0.2, 0.25) is 0 Å². The largest absolute Gasteiger partial charge is 0.309 e. The summed E-state index contributed by atoms with van der Waals surface area (Å²) >= 11 is 0. The van der Waals surface area contributed by atoms with Crippen molar-refractivity contribution in [2.75, 3.05) is 0 Å². The average Bonchev–Trinajstić information content (AvgIpc) is 3.32. The van der Waals surface area contributed by atoms with E-state index in [0.29, 0.717) is 0 Å². The van der Waals surface area contributed by atoms with Gasteiger partial charge in [0.1, 0.15) is 0 Å². The molecular formula is C36H23N. The summed E-state index contributed by atoms with van der Waals surface area (Å²) in [4.78, 5) is 0. The summed E-state index contributed by atoms with van der Waals surface area (Å²) in [7, 11) is 0. The number of fused-ring (bicyclic) bond motifs is 8. The predicted molar refractivity (Wildman–Crippen MR) is 159 cm³/mol. The van der Waals surface area contributed by atoms with Gasteiger partial charge in [-0.05, 0) is 73.8 Å². The smallest absolute Gasteiger partial charge is 0.0547 e. The summed E-state index contributed by atoms with van der Waals surface area (Å²) in [5, 5.41) is 10.3. The van der Waals surface area contributed by atoms with Crippen molar-refractivity contribution >= 4 is 54.1 Å². The Morgan fingerprint density at radius 3 is 1.46 bits per heavy atom. The minimum atomic E-state index is 1.18. The van der Waals surface area contributed by atoms with Gasteiger partial charge in [0.25, 0.3) is 0 Å². The summed E-state index contributed by atoms with van der Waals surface area (Å²) in [6.07, 6.45) is 0. The second-order valence-corrected chi connectivity index (χ2v) is 9.81. The van der Waals surface area contributed by atoms with Gasteiger partial charge in [-0.3, -0.25) is 0 Å². The van der Waals surface area contributed by atoms with E-state index in [1.54, 1.807) is 0 Å². The van der Waals surface area contributed by atoms with Gasteiger partial charge in [0.15, 0.2) is 0 Å². The molecular weight excluding hydrogens is 446 g/mol. The number of hydrogen-bond acceptors (Lipinski definition) is 0. The molecule has 7 aromatic carbocycles. The van der Waals surface area contributed by atoms with Crippen LogP contribution >= 0.6 is 0 Å². The van der Waals surface area contributed by atoms with Crippen molar-refractivity contribution in [2.45, 2.75) is 0 Å². The Kier molecular flexibility index (Phi) is 4.29. The SMILES string of the molecule is c1ccc2cc(-c3ccc(-n4c5ccc6ccccc6c5c5c6ccccc6ccc54)cc3)ccc2c1. The molecule has 0 saturated carbocycles. The standard InChI is InChI=1S/C36H23N/c1-2-10-28-23-29(14-13-24(28)7-1)25-15-19-30(20-16-25)37-33-21-17-26-8-3-5-11-31(26)35(33)36-32-12-6-4-9-27(32)18-22-34(36)37/h1-23H. The van der Waals surface area contributed by atoms with Gasteiger partial charge in [-0.25, -0.2) is 0 Å². The number of benzene rings is 7. The van der Waals surface area contributed by atoms with Crippen molar-refractivity contribution < 1.29 is 0 Å². The molecule has 172 valence electrons. The van der Waals surface area contributed by atoms with E-state index in [-0.39, 0.29) is 0 Å². The first kappa shape index (κ1) is 20.3. The van der Waals surface area contributed by atoms with Crippen molar-refractivity contribution in [3.63, 3.8) is 0 Å². The molecule has 8 rings (SSSR count). The molecule has 0 aliphatic carbocycles. The third-order valence-electron chi connectivity index (χ3n) is 7.75. The lowest BCUT2D eigenvalue weighted by Gasteiger charge is -2.10. The maximum absolute atomic E-state index is 2.42. The monoisotopic (exact) mass is 469 g/mol. The Morgan fingerprint density at radius 2 is 0.838 bits per heavy atom. The normalized spacial score (nSPS) is 11.8. The third kappa shape index (κ3) is 3.04. The number of nitrogens with zero attached hydrogens (tertiary/aromatic N) is 1. The zero-order valence-corrected chi connectivity index (χ0v) is 20.2. The van der Waals surface area contributed by atoms with Gasteiger partial charge in [-0.1, -0.05) is 109 Å². The minimum Gasteiger partial charge on any atom is -0.309 e. The van der Waals surface area contributed by atoms with Crippen LogP contribution in [0.15, 0.2) is 140 Å². The molecule has 0 atom stereocenters. The van der Waals surface area contributed by atoms with Crippen molar-refractivity contribution in [1.82, 2.24) is 4.57 Å². The molecule has 37 heavy (non-hydrogen) atoms. The highest BCUT2D eigenvalue weighted by molar-refractivity contribution is 6.28. The molecule has 0 unspecified atom stereocenters. The maximum atomic E-state index is 2.42. The van der Waals surface area contributed by atoms with Crippen molar-refractivity contribution in [1.29, 1.82) is 0 Å². The van der Waals surface area contributed by atoms with Crippen LogP contribution in [-0.2, 0) is 0 Å². The molecule has 0 aliphatic heterocycles. The first-order valence-electron chi connectivity index (χ1n) is 12.8. The summed E-state index contributed by atoms with van der Waals surface area (Å²) in [5.74, 6) is 0. The number of rotatable bonds is 2. The van der Waals surface area contributed by atoms with E-state index in [2.05, 4.69) is 144 Å². The summed E-state index contributed by atoms with van der Waals surface area (Å²) in [6, 6.07) is 50.8. The molecule has 0 spiro atoms. The Bertz CT molecular complexity index is 2030. The fourth-order valence-corrected chi connectivity index (χ4v) is 6.00. The van der Waals surface area contributed by atoms with E-state index in [1.807, 2.05) is 0 Å². The highest BCUT2D eigenvalue weighted by atomic mass is 15.0. The molecule has 0 saturated heterocycles. The van der Waals surface area contributed by atoms with Crippen LogP contribution in [0.5, 0.6) is 0 Å². The van der Waals surface area contributed by atoms with Gasteiger partial charge in [0, 0.05) is 16.5 Å². The molecule has 0 bridgehead atoms. The van der Waals surface area contributed by atoms with Crippen LogP contribution < -0.4 is 0 Å². The van der Waals surface area contributed by atoms with Gasteiger partial charge in [0.2, 0.25) is 0 Å². The first-order valence-corrected chi connectivity index (χ1v) is 12.8. The Labute approximate surface area is 214 Å². The molecule has 0 fully saturated rings. The molecule has 1 aromatic heterocycles. The Balaban J connectivity index is 1.39. The lowest BCUT2D eigenvalue weighted by Crippen LogP contribution is -1.94. The van der Waals surface area contributed by atoms with Crippen LogP contribution in [0.1, 0.15) is 0 Å². The summed E-state index contributed by atoms with van der Waals surface area (Å²) < 4.78 is 2.42. The van der Waals surface area contributed by atoms with Crippen molar-refractivity contribution in [2.24, 2.45) is 0 Å². The lowest BCUT2D eigenvalue weighted by atomic mass is 10.00. The van der Waals surface area contributed by atoms with Gasteiger partial charge in [0.05, 0.1) is 11.0 Å². The van der Waals surface area contributed by atoms with Crippen LogP contribution in [0.3, 0.4) is 0 Å². The van der Waals surface area contributed by atoms with Gasteiger partial charge >= 0.3 is 0 Å². The molecule has 8 aromatic rings. The zero-order valence-electron chi connectivity index (χ0n) is 20.2. The van der Waals surface area contributed by atoms with E-state index in [1.165, 1.54) is 70.9 Å². The van der Waals surface area contributed by atoms with Gasteiger partial charge < -0.3 is 4.57 Å². The Morgan fingerprint density at radius 1 is 0.351 bits per heavy atom. The highest BCUT2D eigenvalue weighted by Gasteiger charge is 2.17. The van der Waals surface area contributed by atoms with E-state index in [0.717, 1.165) is 0 Å². The lowest BCUT2D eigenvalue weighted by molar-refractivity contribution is 1.18. The fraction of sp³-hybridized carbons (Fsp3) is 0. The summed E-state index contributed by atoms with van der Waals surface area (Å²) in [6.45, 7) is 0. The molecule has 1 heteroatoms. The molecule has 0 N–H and O–H groups in total. The van der Waals surface area contributed by atoms with Gasteiger partial charge in [-0.15, -0.1) is 0 Å². The second-order valence-electron chi connectivity index (χ2n) is 9.81. The highest BCUT2D eigenvalue weighted by Crippen LogP contribution is 2.40. The molecule has 1 heterocycles. The molecule has 1 nitrogen and oxygen atoms in total. The van der Waals surface area contributed by atoms with E-state index in [4.69, 9.17) is 0 Å². The van der Waals surface area contributed by atoms with Crippen LogP contribution in [0, 0.1) is 0 Å². The third-order valence-corrected chi connectivity index (χ3v) is 7.75. The first-order chi connectivity index (χ1) is 18.3. The Hall–Kier alpha value is -4.88. The number of hydrogen-bond donors (Lipinski definition) is 0. The minimum absolute atomic E-state index is 1.18. The van der Waals surface area contributed by atoms with Crippen LogP contribution in [-0.4, -0.2) is 4.57 Å². The maximum Gasteiger partial charge on any atom is 0.0547 e. The molecule has 0 amide bonds. The predicted octanol–water partition coefficient (Wildman–Crippen LogP) is 9.91. The van der Waals surface area contributed by atoms with Crippen molar-refractivity contribution in [3.8, 4) is 16.8 Å². The topological polar surface area (TPSA) is 4.93 Å². The summed E-state index contributed by atoms with van der Waals surface area (Å²) in [5.41, 5.74) is 6.12. The van der Waals surface area contributed by atoms with E-state index < -0.39 is 0 Å². The van der Waals surface area contributed by atoms with Crippen LogP contribution in [0.25, 0.3) is 70.9 Å². The van der Waals surface area contributed by atoms with Crippen LogP contribution in [0.4, 0.5) is 0 Å². The van der Waals surface area contributed by atoms with Crippen molar-refractivity contribution in [3.05, 3.63) is 140 Å². The zero-order chi connectivity index (χ0) is 24.3. The molecule has 0 radical (unpaired) electrons. The van der Waals surface area contributed by atoms with E-state index >= 15 is 0 Å². The molecule has 0 aliphatic rings. The quantitative estimate of drug-likeness (QED) is 0.237. The second kappa shape index (κ2) is 7.81. The van der Waals surface area contributed by atoms with Gasteiger partial charge in [-0.2, -0.15) is 0 Å². The fourth-order valence-electron chi connectivity index (χ4n) is 6.00. The number of aromatic nitrogens is 1. The average molecular weight is 470 g/mol.